The fourth-order valence-corrected chi connectivity index (χ4v) is 0.949. The normalized spacial score (nSPS) is 10.4. The Labute approximate surface area is 82.4 Å². The van der Waals surface area contributed by atoms with Gasteiger partial charge in [0.1, 0.15) is 12.1 Å². The van der Waals surface area contributed by atoms with Crippen LogP contribution in [-0.2, 0) is 0 Å². The fourth-order valence-electron chi connectivity index (χ4n) is 0.949. The van der Waals surface area contributed by atoms with Crippen molar-refractivity contribution in [1.29, 1.82) is 10.5 Å². The van der Waals surface area contributed by atoms with Gasteiger partial charge in [-0.1, -0.05) is 0 Å². The smallest absolute Gasteiger partial charge is 0.202 e. The van der Waals surface area contributed by atoms with E-state index in [0.29, 0.717) is 5.95 Å². The first-order chi connectivity index (χ1) is 6.46. The van der Waals surface area contributed by atoms with Crippen molar-refractivity contribution in [2.75, 3.05) is 5.32 Å². The summed E-state index contributed by atoms with van der Waals surface area (Å²) in [5, 5.41) is 20.4. The number of imidazole rings is 1. The van der Waals surface area contributed by atoms with E-state index in [1.54, 1.807) is 0 Å². The Morgan fingerprint density at radius 3 is 2.29 bits per heavy atom. The number of nitriles is 2. The van der Waals surface area contributed by atoms with Crippen LogP contribution in [-0.4, -0.2) is 15.5 Å². The molecule has 0 atom stereocenters. The second kappa shape index (κ2) is 3.39. The minimum atomic E-state index is -0.155. The molecule has 5 heteroatoms. The summed E-state index contributed by atoms with van der Waals surface area (Å²) in [6.45, 7) is 5.90. The Kier molecular flexibility index (Phi) is 2.44. The zero-order valence-electron chi connectivity index (χ0n) is 8.34. The molecule has 0 saturated heterocycles. The van der Waals surface area contributed by atoms with Gasteiger partial charge in [0.2, 0.25) is 5.95 Å². The van der Waals surface area contributed by atoms with Crippen molar-refractivity contribution in [3.05, 3.63) is 11.4 Å². The summed E-state index contributed by atoms with van der Waals surface area (Å²) in [4.78, 5) is 6.67. The Hall–Kier alpha value is -2.01. The van der Waals surface area contributed by atoms with Crippen LogP contribution < -0.4 is 5.32 Å². The molecule has 0 aromatic carbocycles. The maximum Gasteiger partial charge on any atom is 0.202 e. The van der Waals surface area contributed by atoms with Gasteiger partial charge in [-0.25, -0.2) is 4.98 Å². The highest BCUT2D eigenvalue weighted by Crippen LogP contribution is 2.13. The van der Waals surface area contributed by atoms with E-state index in [2.05, 4.69) is 15.3 Å². The molecule has 0 amide bonds. The average molecular weight is 189 g/mol. The number of nitrogens with one attached hydrogen (secondary N) is 2. The van der Waals surface area contributed by atoms with Crippen molar-refractivity contribution >= 4 is 5.95 Å². The number of H-pyrrole nitrogens is 1. The van der Waals surface area contributed by atoms with E-state index >= 15 is 0 Å². The van der Waals surface area contributed by atoms with Crippen molar-refractivity contribution in [2.45, 2.75) is 26.3 Å². The quantitative estimate of drug-likeness (QED) is 0.698. The SMILES string of the molecule is CC(C)(C)Nc1nc(C#N)c(C#N)[nH]1. The van der Waals surface area contributed by atoms with Gasteiger partial charge in [0.15, 0.2) is 11.4 Å². The maximum atomic E-state index is 8.66. The van der Waals surface area contributed by atoms with Crippen LogP contribution in [0.5, 0.6) is 0 Å². The van der Waals surface area contributed by atoms with Crippen LogP contribution in [0.25, 0.3) is 0 Å². The lowest BCUT2D eigenvalue weighted by atomic mass is 10.1. The van der Waals surface area contributed by atoms with Crippen molar-refractivity contribution in [2.24, 2.45) is 0 Å². The number of rotatable bonds is 1. The van der Waals surface area contributed by atoms with E-state index in [4.69, 9.17) is 10.5 Å². The summed E-state index contributed by atoms with van der Waals surface area (Å²) in [5.41, 5.74) is 0.163. The van der Waals surface area contributed by atoms with Gasteiger partial charge in [0, 0.05) is 5.54 Å². The average Bonchev–Trinajstić information content (AvgIpc) is 2.43. The van der Waals surface area contributed by atoms with Gasteiger partial charge < -0.3 is 10.3 Å². The van der Waals surface area contributed by atoms with Crippen LogP contribution in [0.15, 0.2) is 0 Å². The number of anilines is 1. The molecule has 0 bridgehead atoms. The summed E-state index contributed by atoms with van der Waals surface area (Å²) in [7, 11) is 0. The minimum absolute atomic E-state index is 0.124. The summed E-state index contributed by atoms with van der Waals surface area (Å²) in [6.07, 6.45) is 0. The van der Waals surface area contributed by atoms with E-state index < -0.39 is 0 Å². The molecule has 1 aromatic rings. The molecule has 0 aliphatic heterocycles. The molecular weight excluding hydrogens is 178 g/mol. The van der Waals surface area contributed by atoms with E-state index in [-0.39, 0.29) is 16.9 Å². The van der Waals surface area contributed by atoms with Gasteiger partial charge in [-0.3, -0.25) is 0 Å². The van der Waals surface area contributed by atoms with Gasteiger partial charge in [-0.05, 0) is 20.8 Å². The summed E-state index contributed by atoms with van der Waals surface area (Å²) < 4.78 is 0. The third-order valence-electron chi connectivity index (χ3n) is 1.41. The minimum Gasteiger partial charge on any atom is -0.351 e. The molecule has 1 heterocycles. The zero-order valence-corrected chi connectivity index (χ0v) is 8.34. The first-order valence-corrected chi connectivity index (χ1v) is 4.14. The molecule has 0 saturated carbocycles. The molecule has 5 nitrogen and oxygen atoms in total. The summed E-state index contributed by atoms with van der Waals surface area (Å²) >= 11 is 0. The predicted molar refractivity (Wildman–Crippen MR) is 51.4 cm³/mol. The summed E-state index contributed by atoms with van der Waals surface area (Å²) in [6, 6.07) is 3.72. The molecule has 2 N–H and O–H groups in total. The van der Waals surface area contributed by atoms with Crippen molar-refractivity contribution in [1.82, 2.24) is 9.97 Å². The van der Waals surface area contributed by atoms with Crippen LogP contribution in [0.3, 0.4) is 0 Å². The van der Waals surface area contributed by atoms with Crippen LogP contribution in [0.1, 0.15) is 32.2 Å². The number of aromatic amines is 1. The molecule has 0 unspecified atom stereocenters. The van der Waals surface area contributed by atoms with Gasteiger partial charge in [-0.15, -0.1) is 0 Å². The highest BCUT2D eigenvalue weighted by atomic mass is 15.2. The van der Waals surface area contributed by atoms with Gasteiger partial charge >= 0.3 is 0 Å². The third-order valence-corrected chi connectivity index (χ3v) is 1.41. The molecule has 1 rings (SSSR count). The van der Waals surface area contributed by atoms with Crippen molar-refractivity contribution in [3.8, 4) is 12.1 Å². The standard InChI is InChI=1S/C9H11N5/c1-9(2,3)14-8-12-6(4-10)7(5-11)13-8/h1-3H3,(H2,12,13,14). The predicted octanol–water partition coefficient (Wildman–Crippen LogP) is 1.36. The molecule has 72 valence electrons. The lowest BCUT2D eigenvalue weighted by Gasteiger charge is -2.19. The number of hydrogen-bond acceptors (Lipinski definition) is 4. The van der Waals surface area contributed by atoms with Crippen LogP contribution in [0.4, 0.5) is 5.95 Å². The monoisotopic (exact) mass is 189 g/mol. The Morgan fingerprint density at radius 1 is 1.29 bits per heavy atom. The topological polar surface area (TPSA) is 88.3 Å². The second-order valence-electron chi connectivity index (χ2n) is 3.91. The highest BCUT2D eigenvalue weighted by molar-refractivity contribution is 5.44. The second-order valence-corrected chi connectivity index (χ2v) is 3.91. The van der Waals surface area contributed by atoms with Gasteiger partial charge in [0.05, 0.1) is 0 Å². The summed E-state index contributed by atoms with van der Waals surface area (Å²) in [5.74, 6) is 0.450. The van der Waals surface area contributed by atoms with Crippen molar-refractivity contribution < 1.29 is 0 Å². The molecule has 14 heavy (non-hydrogen) atoms. The molecule has 0 aliphatic rings. The Bertz CT molecular complexity index is 378. The van der Waals surface area contributed by atoms with Gasteiger partial charge in [0.25, 0.3) is 0 Å². The maximum absolute atomic E-state index is 8.66. The Morgan fingerprint density at radius 2 is 1.93 bits per heavy atom. The van der Waals surface area contributed by atoms with E-state index in [0.717, 1.165) is 0 Å². The van der Waals surface area contributed by atoms with Crippen LogP contribution in [0, 0.1) is 22.7 Å². The number of aromatic nitrogens is 2. The molecular formula is C9H11N5. The first kappa shape index (κ1) is 10.1. The number of nitrogens with zero attached hydrogens (tertiary/aromatic N) is 3. The molecule has 0 fully saturated rings. The van der Waals surface area contributed by atoms with E-state index in [1.165, 1.54) is 0 Å². The van der Waals surface area contributed by atoms with E-state index in [1.807, 2.05) is 32.9 Å². The number of hydrogen-bond donors (Lipinski definition) is 2. The molecule has 0 aliphatic carbocycles. The Balaban J connectivity index is 2.99. The first-order valence-electron chi connectivity index (χ1n) is 4.14. The lowest BCUT2D eigenvalue weighted by molar-refractivity contribution is 0.627. The fraction of sp³-hybridized carbons (Fsp3) is 0.444. The lowest BCUT2D eigenvalue weighted by Crippen LogP contribution is -2.26. The van der Waals surface area contributed by atoms with Crippen molar-refractivity contribution in [3.63, 3.8) is 0 Å². The molecule has 1 aromatic heterocycles. The molecule has 0 spiro atoms. The largest absolute Gasteiger partial charge is 0.351 e. The van der Waals surface area contributed by atoms with Crippen LogP contribution in [0.2, 0.25) is 0 Å². The van der Waals surface area contributed by atoms with E-state index in [9.17, 15) is 0 Å². The van der Waals surface area contributed by atoms with Gasteiger partial charge in [-0.2, -0.15) is 10.5 Å². The highest BCUT2D eigenvalue weighted by Gasteiger charge is 2.14. The van der Waals surface area contributed by atoms with Crippen LogP contribution >= 0.6 is 0 Å². The zero-order chi connectivity index (χ0) is 10.8. The third kappa shape index (κ3) is 2.24. The molecule has 0 radical (unpaired) electrons.